The molecule has 2 atom stereocenters. The molecule has 2 N–H and O–H groups in total. The van der Waals surface area contributed by atoms with Gasteiger partial charge in [-0.1, -0.05) is 17.7 Å². The lowest BCUT2D eigenvalue weighted by molar-refractivity contribution is -0.136. The van der Waals surface area contributed by atoms with Crippen molar-refractivity contribution in [2.75, 3.05) is 26.5 Å². The van der Waals surface area contributed by atoms with Gasteiger partial charge in [-0.15, -0.1) is 11.3 Å². The number of nitrogens with one attached hydrogen (secondary N) is 2. The molecule has 182 valence electrons. The quantitative estimate of drug-likeness (QED) is 0.451. The zero-order valence-electron chi connectivity index (χ0n) is 18.3. The van der Waals surface area contributed by atoms with Gasteiger partial charge in [0, 0.05) is 48.1 Å². The monoisotopic (exact) mass is 529 g/mol. The Bertz CT molecular complexity index is 1270. The van der Waals surface area contributed by atoms with E-state index in [1.807, 2.05) is 0 Å². The molecule has 2 aliphatic heterocycles. The van der Waals surface area contributed by atoms with Gasteiger partial charge in [0.1, 0.15) is 16.0 Å². The summed E-state index contributed by atoms with van der Waals surface area (Å²) >= 11 is 7.49. The zero-order valence-corrected chi connectivity index (χ0v) is 20.7. The van der Waals surface area contributed by atoms with Crippen LogP contribution in [-0.2, 0) is 19.4 Å². The summed E-state index contributed by atoms with van der Waals surface area (Å²) in [6, 6.07) is 1.18. The number of benzene rings is 1. The first-order valence-corrected chi connectivity index (χ1v) is 13.5. The van der Waals surface area contributed by atoms with Gasteiger partial charge in [-0.3, -0.25) is 4.99 Å². The highest BCUT2D eigenvalue weighted by Crippen LogP contribution is 2.40. The largest absolute Gasteiger partial charge is 0.466 e. The van der Waals surface area contributed by atoms with Crippen LogP contribution in [0, 0.1) is 22.3 Å². The molecule has 0 saturated carbocycles. The summed E-state index contributed by atoms with van der Waals surface area (Å²) in [7, 11) is -1.62. The predicted octanol–water partition coefficient (Wildman–Crippen LogP) is 3.90. The fourth-order valence-electron chi connectivity index (χ4n) is 4.14. The van der Waals surface area contributed by atoms with Gasteiger partial charge in [0.25, 0.3) is 0 Å². The number of thiazole rings is 1. The van der Waals surface area contributed by atoms with Gasteiger partial charge in [-0.2, -0.15) is 0 Å². The summed E-state index contributed by atoms with van der Waals surface area (Å²) in [4.78, 5) is 21.9. The molecular weight excluding hydrogens is 508 g/mol. The van der Waals surface area contributed by atoms with Crippen molar-refractivity contribution in [2.45, 2.75) is 18.9 Å². The third kappa shape index (κ3) is 4.72. The first-order valence-electron chi connectivity index (χ1n) is 10.3. The standard InChI is InChI=1S/C21H22ClF2N5O3S2/c1-32-21(30)14-17(11-5-8-29(9-6-11)34(2,25)31)27-19(20-26-7-10-33-20)28-18(14)12-3-4-13(23)16(24)15(12)22/h3-4,7,10-11,18,25H,5-6,8-9H2,1-2H3,(H,27,28). The van der Waals surface area contributed by atoms with Crippen LogP contribution >= 0.6 is 22.9 Å². The minimum Gasteiger partial charge on any atom is -0.466 e. The number of esters is 1. The van der Waals surface area contributed by atoms with E-state index < -0.39 is 38.6 Å². The summed E-state index contributed by atoms with van der Waals surface area (Å²) in [6.07, 6.45) is 4.00. The van der Waals surface area contributed by atoms with E-state index in [0.717, 1.165) is 6.07 Å². The summed E-state index contributed by atoms with van der Waals surface area (Å²) in [5.41, 5.74) is 0.775. The highest BCUT2D eigenvalue weighted by molar-refractivity contribution is 7.89. The lowest BCUT2D eigenvalue weighted by Crippen LogP contribution is -2.42. The minimum absolute atomic E-state index is 0.120. The van der Waals surface area contributed by atoms with Gasteiger partial charge < -0.3 is 10.1 Å². The van der Waals surface area contributed by atoms with E-state index in [2.05, 4.69) is 15.3 Å². The molecule has 3 heterocycles. The maximum Gasteiger partial charge on any atom is 0.338 e. The summed E-state index contributed by atoms with van der Waals surface area (Å²) in [6.45, 7) is 0.785. The number of amidine groups is 1. The number of methoxy groups -OCH3 is 1. The van der Waals surface area contributed by atoms with Gasteiger partial charge in [0.2, 0.25) is 0 Å². The van der Waals surface area contributed by atoms with Crippen LogP contribution in [0.4, 0.5) is 8.78 Å². The number of allylic oxidation sites excluding steroid dienone is 1. The number of carbonyl (C=O) groups excluding carboxylic acids is 1. The van der Waals surface area contributed by atoms with Crippen molar-refractivity contribution < 1.29 is 22.5 Å². The molecule has 13 heteroatoms. The van der Waals surface area contributed by atoms with Crippen molar-refractivity contribution in [3.05, 3.63) is 62.2 Å². The van der Waals surface area contributed by atoms with Crippen molar-refractivity contribution in [3.63, 3.8) is 0 Å². The molecule has 0 amide bonds. The Balaban J connectivity index is 1.84. The molecule has 1 fully saturated rings. The van der Waals surface area contributed by atoms with E-state index >= 15 is 0 Å². The molecule has 0 spiro atoms. The van der Waals surface area contributed by atoms with Crippen LogP contribution in [0.2, 0.25) is 5.02 Å². The van der Waals surface area contributed by atoms with Gasteiger partial charge in [0.15, 0.2) is 22.5 Å². The lowest BCUT2D eigenvalue weighted by Gasteiger charge is -2.36. The summed E-state index contributed by atoms with van der Waals surface area (Å²) < 4.78 is 54.8. The normalized spacial score (nSPS) is 21.6. The van der Waals surface area contributed by atoms with Crippen molar-refractivity contribution in [1.82, 2.24) is 14.6 Å². The molecule has 1 aromatic heterocycles. The molecule has 2 unspecified atom stereocenters. The van der Waals surface area contributed by atoms with E-state index in [0.29, 0.717) is 42.5 Å². The number of aliphatic imine (C=N–C) groups is 1. The second-order valence-electron chi connectivity index (χ2n) is 7.93. The second-order valence-corrected chi connectivity index (χ2v) is 11.3. The van der Waals surface area contributed by atoms with E-state index in [-0.39, 0.29) is 17.1 Å². The van der Waals surface area contributed by atoms with Crippen LogP contribution in [-0.4, -0.2) is 51.8 Å². The Kier molecular flexibility index (Phi) is 7.04. The Morgan fingerprint density at radius 1 is 1.35 bits per heavy atom. The van der Waals surface area contributed by atoms with Gasteiger partial charge >= 0.3 is 5.97 Å². The van der Waals surface area contributed by atoms with E-state index in [4.69, 9.17) is 21.1 Å². The zero-order chi connectivity index (χ0) is 24.6. The molecule has 0 aliphatic carbocycles. The van der Waals surface area contributed by atoms with E-state index in [9.17, 15) is 17.8 Å². The first-order chi connectivity index (χ1) is 16.1. The Morgan fingerprint density at radius 3 is 2.65 bits per heavy atom. The average Bonchev–Trinajstić information content (AvgIpc) is 3.36. The van der Waals surface area contributed by atoms with E-state index in [1.54, 1.807) is 15.9 Å². The number of hydrogen-bond donors (Lipinski definition) is 2. The van der Waals surface area contributed by atoms with Gasteiger partial charge in [0.05, 0.1) is 17.7 Å². The molecule has 2 aromatic rings. The fourth-order valence-corrected chi connectivity index (χ4v) is 5.89. The second kappa shape index (κ2) is 9.68. The third-order valence-electron chi connectivity index (χ3n) is 5.83. The summed E-state index contributed by atoms with van der Waals surface area (Å²) in [5, 5.41) is 5.06. The predicted molar refractivity (Wildman–Crippen MR) is 126 cm³/mol. The highest BCUT2D eigenvalue weighted by atomic mass is 35.5. The molecule has 2 aliphatic rings. The van der Waals surface area contributed by atoms with Crippen molar-refractivity contribution >= 4 is 44.7 Å². The molecule has 0 radical (unpaired) electrons. The number of piperidine rings is 1. The van der Waals surface area contributed by atoms with E-state index in [1.165, 1.54) is 30.8 Å². The molecular formula is C21H22ClF2N5O3S2. The Hall–Kier alpha value is -2.41. The SMILES string of the molecule is COC(=O)C1=C(C2CCN(S(C)(=N)=O)CC2)NC(c2nccs2)=NC1c1ccc(F)c(F)c1Cl. The molecule has 1 aromatic carbocycles. The molecule has 1 saturated heterocycles. The number of carbonyl (C=O) groups is 1. The molecule has 8 nitrogen and oxygen atoms in total. The number of ether oxygens (including phenoxy) is 1. The van der Waals surface area contributed by atoms with Crippen molar-refractivity contribution in [2.24, 2.45) is 10.9 Å². The lowest BCUT2D eigenvalue weighted by atomic mass is 9.86. The first kappa shape index (κ1) is 24.7. The Morgan fingerprint density at radius 2 is 2.06 bits per heavy atom. The molecule has 4 rings (SSSR count). The van der Waals surface area contributed by atoms with Gasteiger partial charge in [-0.25, -0.2) is 31.9 Å². The van der Waals surface area contributed by atoms with Crippen LogP contribution in [0.15, 0.2) is 40.0 Å². The smallest absolute Gasteiger partial charge is 0.338 e. The van der Waals surface area contributed by atoms with Crippen LogP contribution in [0.25, 0.3) is 0 Å². The van der Waals surface area contributed by atoms with Crippen LogP contribution in [0.1, 0.15) is 29.5 Å². The number of nitrogens with zero attached hydrogens (tertiary/aromatic N) is 3. The van der Waals surface area contributed by atoms with Crippen molar-refractivity contribution in [3.8, 4) is 0 Å². The number of halogens is 3. The maximum atomic E-state index is 14.4. The topological polar surface area (TPSA) is 108 Å². The minimum atomic E-state index is -2.85. The number of rotatable bonds is 5. The highest BCUT2D eigenvalue weighted by Gasteiger charge is 2.38. The van der Waals surface area contributed by atoms with Crippen LogP contribution in [0.5, 0.6) is 0 Å². The molecule has 0 bridgehead atoms. The van der Waals surface area contributed by atoms with Crippen molar-refractivity contribution in [1.29, 1.82) is 4.78 Å². The fraction of sp³-hybridized carbons (Fsp3) is 0.381. The molecule has 34 heavy (non-hydrogen) atoms. The van der Waals surface area contributed by atoms with Crippen LogP contribution in [0.3, 0.4) is 0 Å². The maximum absolute atomic E-state index is 14.4. The third-order valence-corrected chi connectivity index (χ3v) is 8.34. The summed E-state index contributed by atoms with van der Waals surface area (Å²) in [5.74, 6) is -2.84. The Labute approximate surface area is 204 Å². The average molecular weight is 530 g/mol. The number of hydrogen-bond acceptors (Lipinski definition) is 8. The van der Waals surface area contributed by atoms with Gasteiger partial charge in [-0.05, 0) is 18.9 Å². The van der Waals surface area contributed by atoms with Crippen LogP contribution < -0.4 is 5.32 Å². The number of aromatic nitrogens is 1.